The highest BCUT2D eigenvalue weighted by Gasteiger charge is 2.32. The van der Waals surface area contributed by atoms with E-state index in [1.165, 1.54) is 5.56 Å². The van der Waals surface area contributed by atoms with Gasteiger partial charge in [-0.3, -0.25) is 4.90 Å². The van der Waals surface area contributed by atoms with E-state index in [4.69, 9.17) is 4.74 Å². The van der Waals surface area contributed by atoms with Crippen LogP contribution in [0.15, 0.2) is 24.3 Å². The Kier molecular flexibility index (Phi) is 5.36. The number of ether oxygens (including phenoxy) is 1. The number of nitrogens with zero attached hydrogens (tertiary/aromatic N) is 2. The average Bonchev–Trinajstić information content (AvgIpc) is 2.56. The van der Waals surface area contributed by atoms with Crippen molar-refractivity contribution in [3.63, 3.8) is 0 Å². The fourth-order valence-electron chi connectivity index (χ4n) is 3.54. The Morgan fingerprint density at radius 3 is 2.70 bits per heavy atom. The second kappa shape index (κ2) is 7.30. The van der Waals surface area contributed by atoms with E-state index in [0.717, 1.165) is 44.8 Å². The van der Waals surface area contributed by atoms with E-state index in [1.807, 2.05) is 19.1 Å². The first kappa shape index (κ1) is 16.9. The third-order valence-electron chi connectivity index (χ3n) is 4.88. The Labute approximate surface area is 139 Å². The molecule has 1 atom stereocenters. The van der Waals surface area contributed by atoms with Gasteiger partial charge in [-0.1, -0.05) is 24.3 Å². The van der Waals surface area contributed by atoms with E-state index in [1.54, 1.807) is 4.31 Å². The first-order valence-electron chi connectivity index (χ1n) is 8.45. The Morgan fingerprint density at radius 1 is 1.17 bits per heavy atom. The van der Waals surface area contributed by atoms with E-state index >= 15 is 0 Å². The number of hydrogen-bond donors (Lipinski definition) is 0. The number of rotatable bonds is 5. The van der Waals surface area contributed by atoms with Gasteiger partial charge >= 0.3 is 0 Å². The van der Waals surface area contributed by atoms with Gasteiger partial charge in [-0.25, -0.2) is 8.42 Å². The molecule has 1 fully saturated rings. The summed E-state index contributed by atoms with van der Waals surface area (Å²) in [5.41, 5.74) is 2.43. The van der Waals surface area contributed by atoms with Gasteiger partial charge in [0, 0.05) is 25.7 Å². The minimum Gasteiger partial charge on any atom is -0.379 e. The van der Waals surface area contributed by atoms with E-state index in [0.29, 0.717) is 13.0 Å². The molecule has 5 nitrogen and oxygen atoms in total. The fraction of sp³-hybridized carbons (Fsp3) is 0.647. The summed E-state index contributed by atoms with van der Waals surface area (Å²) < 4.78 is 32.5. The standard InChI is InChI=1S/C17H26N2O3S/c1-15-17-6-3-2-5-16(17)7-9-19(15)23(20,21)14-4-8-18-10-12-22-13-11-18/h2-3,5-6,15H,4,7-14H2,1H3/t15-/m1/s1. The highest BCUT2D eigenvalue weighted by molar-refractivity contribution is 7.89. The molecule has 0 amide bonds. The van der Waals surface area contributed by atoms with Crippen LogP contribution in [0.5, 0.6) is 0 Å². The van der Waals surface area contributed by atoms with Crippen molar-refractivity contribution >= 4 is 10.0 Å². The zero-order valence-electron chi connectivity index (χ0n) is 13.8. The van der Waals surface area contributed by atoms with Crippen molar-refractivity contribution in [2.75, 3.05) is 45.1 Å². The highest BCUT2D eigenvalue weighted by Crippen LogP contribution is 2.31. The van der Waals surface area contributed by atoms with Crippen molar-refractivity contribution < 1.29 is 13.2 Å². The maximum atomic E-state index is 12.7. The Hall–Kier alpha value is -0.950. The van der Waals surface area contributed by atoms with Crippen LogP contribution in [0.25, 0.3) is 0 Å². The third kappa shape index (κ3) is 3.94. The molecule has 1 aromatic rings. The van der Waals surface area contributed by atoms with Gasteiger partial charge in [0.25, 0.3) is 0 Å². The summed E-state index contributed by atoms with van der Waals surface area (Å²) in [6.45, 7) is 6.76. The molecular formula is C17H26N2O3S. The van der Waals surface area contributed by atoms with Gasteiger partial charge in [0.1, 0.15) is 0 Å². The topological polar surface area (TPSA) is 49.9 Å². The van der Waals surface area contributed by atoms with Gasteiger partial charge in [0.05, 0.1) is 19.0 Å². The van der Waals surface area contributed by atoms with Gasteiger partial charge in [-0.05, 0) is 37.4 Å². The first-order valence-corrected chi connectivity index (χ1v) is 10.1. The van der Waals surface area contributed by atoms with Crippen LogP contribution in [0, 0.1) is 0 Å². The van der Waals surface area contributed by atoms with Crippen LogP contribution < -0.4 is 0 Å². The van der Waals surface area contributed by atoms with Crippen molar-refractivity contribution in [2.45, 2.75) is 25.8 Å². The summed E-state index contributed by atoms with van der Waals surface area (Å²) in [5.74, 6) is 0.233. The molecule has 0 bridgehead atoms. The lowest BCUT2D eigenvalue weighted by atomic mass is 9.96. The molecule has 0 N–H and O–H groups in total. The van der Waals surface area contributed by atoms with Crippen LogP contribution >= 0.6 is 0 Å². The van der Waals surface area contributed by atoms with Gasteiger partial charge in [0.15, 0.2) is 0 Å². The molecule has 0 saturated carbocycles. The van der Waals surface area contributed by atoms with Crippen LogP contribution in [-0.4, -0.2) is 62.8 Å². The number of morpholine rings is 1. The molecule has 6 heteroatoms. The van der Waals surface area contributed by atoms with Crippen LogP contribution in [0.3, 0.4) is 0 Å². The largest absolute Gasteiger partial charge is 0.379 e. The van der Waals surface area contributed by atoms with Crippen LogP contribution in [0.2, 0.25) is 0 Å². The van der Waals surface area contributed by atoms with Gasteiger partial charge < -0.3 is 4.74 Å². The molecule has 0 unspecified atom stereocenters. The second-order valence-electron chi connectivity index (χ2n) is 6.36. The van der Waals surface area contributed by atoms with Gasteiger partial charge in [0.2, 0.25) is 10.0 Å². The van der Waals surface area contributed by atoms with Crippen molar-refractivity contribution in [2.24, 2.45) is 0 Å². The maximum Gasteiger partial charge on any atom is 0.214 e. The molecule has 23 heavy (non-hydrogen) atoms. The number of fused-ring (bicyclic) bond motifs is 1. The van der Waals surface area contributed by atoms with Crippen molar-refractivity contribution in [3.8, 4) is 0 Å². The minimum atomic E-state index is -3.20. The Morgan fingerprint density at radius 2 is 1.91 bits per heavy atom. The molecule has 128 valence electrons. The number of benzene rings is 1. The van der Waals surface area contributed by atoms with Crippen molar-refractivity contribution in [3.05, 3.63) is 35.4 Å². The quantitative estimate of drug-likeness (QED) is 0.819. The fourth-order valence-corrected chi connectivity index (χ4v) is 5.23. The monoisotopic (exact) mass is 338 g/mol. The van der Waals surface area contributed by atoms with Crippen LogP contribution in [0.1, 0.15) is 30.5 Å². The van der Waals surface area contributed by atoms with Crippen LogP contribution in [0.4, 0.5) is 0 Å². The molecule has 0 radical (unpaired) electrons. The van der Waals surface area contributed by atoms with Crippen LogP contribution in [-0.2, 0) is 21.2 Å². The van der Waals surface area contributed by atoms with Crippen molar-refractivity contribution in [1.29, 1.82) is 0 Å². The summed E-state index contributed by atoms with van der Waals surface area (Å²) in [5, 5.41) is 0. The SMILES string of the molecule is C[C@@H]1c2ccccc2CCN1S(=O)(=O)CCCN1CCOCC1. The van der Waals surface area contributed by atoms with Gasteiger partial charge in [-0.15, -0.1) is 0 Å². The highest BCUT2D eigenvalue weighted by atomic mass is 32.2. The molecule has 0 aliphatic carbocycles. The predicted octanol–water partition coefficient (Wildman–Crippen LogP) is 1.66. The molecule has 2 aliphatic heterocycles. The average molecular weight is 338 g/mol. The first-order chi connectivity index (χ1) is 11.1. The summed E-state index contributed by atoms with van der Waals surface area (Å²) in [6, 6.07) is 8.11. The predicted molar refractivity (Wildman–Crippen MR) is 90.9 cm³/mol. The second-order valence-corrected chi connectivity index (χ2v) is 8.40. The van der Waals surface area contributed by atoms with E-state index in [9.17, 15) is 8.42 Å². The summed E-state index contributed by atoms with van der Waals surface area (Å²) >= 11 is 0. The smallest absolute Gasteiger partial charge is 0.214 e. The number of sulfonamides is 1. The summed E-state index contributed by atoms with van der Waals surface area (Å²) in [7, 11) is -3.20. The molecular weight excluding hydrogens is 312 g/mol. The van der Waals surface area contributed by atoms with Crippen molar-refractivity contribution in [1.82, 2.24) is 9.21 Å². The molecule has 2 aliphatic rings. The lowest BCUT2D eigenvalue weighted by molar-refractivity contribution is 0.0380. The molecule has 1 aromatic carbocycles. The maximum absolute atomic E-state index is 12.7. The third-order valence-corrected chi connectivity index (χ3v) is 6.89. The van der Waals surface area contributed by atoms with E-state index < -0.39 is 10.0 Å². The normalized spacial score (nSPS) is 23.6. The van der Waals surface area contributed by atoms with E-state index in [-0.39, 0.29) is 11.8 Å². The zero-order chi connectivity index (χ0) is 16.3. The number of hydrogen-bond acceptors (Lipinski definition) is 4. The lowest BCUT2D eigenvalue weighted by Crippen LogP contribution is -2.41. The van der Waals surface area contributed by atoms with Gasteiger partial charge in [-0.2, -0.15) is 4.31 Å². The summed E-state index contributed by atoms with van der Waals surface area (Å²) in [6.07, 6.45) is 1.50. The zero-order valence-corrected chi connectivity index (χ0v) is 14.6. The molecule has 0 aromatic heterocycles. The lowest BCUT2D eigenvalue weighted by Gasteiger charge is -2.34. The Balaban J connectivity index is 1.59. The Bertz CT molecular complexity index is 626. The molecule has 2 heterocycles. The van der Waals surface area contributed by atoms with E-state index in [2.05, 4.69) is 17.0 Å². The summed E-state index contributed by atoms with van der Waals surface area (Å²) in [4.78, 5) is 2.29. The molecule has 3 rings (SSSR count). The molecule has 1 saturated heterocycles. The molecule has 0 spiro atoms. The minimum absolute atomic E-state index is 0.0617.